The zero-order valence-corrected chi connectivity index (χ0v) is 7.83. The Morgan fingerprint density at radius 2 is 2.19 bits per heavy atom. The van der Waals surface area contributed by atoms with Crippen molar-refractivity contribution in [3.63, 3.8) is 0 Å². The Hall–Kier alpha value is -1.73. The minimum absolute atomic E-state index is 0.195. The number of halogens is 4. The fraction of sp³-hybridized carbons (Fsp3) is 0.375. The van der Waals surface area contributed by atoms with E-state index in [9.17, 15) is 22.4 Å². The molecule has 0 aromatic carbocycles. The van der Waals surface area contributed by atoms with Crippen LogP contribution in [0.15, 0.2) is 18.3 Å². The van der Waals surface area contributed by atoms with Gasteiger partial charge in [0.15, 0.2) is 0 Å². The summed E-state index contributed by atoms with van der Waals surface area (Å²) in [7, 11) is 0. The van der Waals surface area contributed by atoms with Gasteiger partial charge in [0, 0.05) is 6.20 Å². The summed E-state index contributed by atoms with van der Waals surface area (Å²) in [5, 5.41) is 8.55. The molecule has 1 rings (SSSR count). The van der Waals surface area contributed by atoms with Crippen LogP contribution in [-0.4, -0.2) is 28.5 Å². The second-order valence-electron chi connectivity index (χ2n) is 2.82. The molecule has 0 atom stereocenters. The van der Waals surface area contributed by atoms with Gasteiger partial charge < -0.3 is 5.32 Å². The van der Waals surface area contributed by atoms with Crippen LogP contribution in [0.4, 0.5) is 17.6 Å². The topological polar surface area (TPSA) is 54.9 Å². The monoisotopic (exact) mass is 237 g/mol. The first-order chi connectivity index (χ1) is 7.44. The van der Waals surface area contributed by atoms with Gasteiger partial charge in [-0.2, -0.15) is 19.0 Å². The smallest absolute Gasteiger partial charge is 0.345 e. The van der Waals surface area contributed by atoms with E-state index in [1.54, 1.807) is 5.32 Å². The first kappa shape index (κ1) is 12.3. The van der Waals surface area contributed by atoms with Gasteiger partial charge in [0.2, 0.25) is 0 Å². The summed E-state index contributed by atoms with van der Waals surface area (Å²) < 4.78 is 48.4. The van der Waals surface area contributed by atoms with E-state index in [0.717, 1.165) is 0 Å². The number of aromatic nitrogens is 2. The Bertz CT molecular complexity index is 358. The lowest BCUT2D eigenvalue weighted by Crippen LogP contribution is -2.44. The van der Waals surface area contributed by atoms with Crippen LogP contribution in [0.25, 0.3) is 0 Å². The van der Waals surface area contributed by atoms with E-state index in [-0.39, 0.29) is 12.2 Å². The minimum atomic E-state index is -4.69. The SMILES string of the molecule is O=C(NCc1cccnn1)C(F)(F)C(F)F. The fourth-order valence-corrected chi connectivity index (χ4v) is 0.815. The predicted molar refractivity (Wildman–Crippen MR) is 44.8 cm³/mol. The number of hydrogen-bond acceptors (Lipinski definition) is 3. The molecule has 16 heavy (non-hydrogen) atoms. The maximum absolute atomic E-state index is 12.4. The predicted octanol–water partition coefficient (Wildman–Crippen LogP) is 0.993. The van der Waals surface area contributed by atoms with E-state index >= 15 is 0 Å². The molecule has 0 spiro atoms. The number of amides is 1. The molecule has 1 N–H and O–H groups in total. The van der Waals surface area contributed by atoms with E-state index in [1.807, 2.05) is 0 Å². The Morgan fingerprint density at radius 1 is 1.50 bits per heavy atom. The van der Waals surface area contributed by atoms with Crippen molar-refractivity contribution < 1.29 is 22.4 Å². The zero-order valence-electron chi connectivity index (χ0n) is 7.83. The number of carbonyl (C=O) groups excluding carboxylic acids is 1. The Labute approximate surface area is 87.7 Å². The highest BCUT2D eigenvalue weighted by Gasteiger charge is 2.48. The van der Waals surface area contributed by atoms with E-state index in [4.69, 9.17) is 0 Å². The van der Waals surface area contributed by atoms with Crippen LogP contribution in [0.5, 0.6) is 0 Å². The van der Waals surface area contributed by atoms with Gasteiger partial charge in [-0.05, 0) is 12.1 Å². The third-order valence-corrected chi connectivity index (χ3v) is 1.63. The van der Waals surface area contributed by atoms with Crippen molar-refractivity contribution in [1.29, 1.82) is 0 Å². The number of rotatable bonds is 4. The van der Waals surface area contributed by atoms with Crippen molar-refractivity contribution >= 4 is 5.91 Å². The van der Waals surface area contributed by atoms with Gasteiger partial charge >= 0.3 is 12.3 Å². The van der Waals surface area contributed by atoms with E-state index < -0.39 is 18.3 Å². The minimum Gasteiger partial charge on any atom is -0.345 e. The summed E-state index contributed by atoms with van der Waals surface area (Å²) >= 11 is 0. The highest BCUT2D eigenvalue weighted by atomic mass is 19.3. The molecule has 0 aliphatic rings. The maximum atomic E-state index is 12.4. The summed E-state index contributed by atoms with van der Waals surface area (Å²) in [6.07, 6.45) is -2.69. The second kappa shape index (κ2) is 4.86. The molecule has 8 heteroatoms. The molecule has 4 nitrogen and oxygen atoms in total. The lowest BCUT2D eigenvalue weighted by molar-refractivity contribution is -0.169. The Morgan fingerprint density at radius 3 is 2.69 bits per heavy atom. The molecule has 1 aromatic heterocycles. The number of nitrogens with zero attached hydrogens (tertiary/aromatic N) is 2. The highest BCUT2D eigenvalue weighted by Crippen LogP contribution is 2.22. The summed E-state index contributed by atoms with van der Waals surface area (Å²) in [6.45, 7) is -0.380. The quantitative estimate of drug-likeness (QED) is 0.794. The van der Waals surface area contributed by atoms with E-state index in [0.29, 0.717) is 0 Å². The van der Waals surface area contributed by atoms with E-state index in [2.05, 4.69) is 10.2 Å². The van der Waals surface area contributed by atoms with Gasteiger partial charge in [-0.25, -0.2) is 8.78 Å². The number of nitrogens with one attached hydrogen (secondary N) is 1. The highest BCUT2D eigenvalue weighted by molar-refractivity contribution is 5.83. The van der Waals surface area contributed by atoms with Crippen molar-refractivity contribution in [1.82, 2.24) is 15.5 Å². The number of carbonyl (C=O) groups is 1. The van der Waals surface area contributed by atoms with Gasteiger partial charge in [-0.15, -0.1) is 0 Å². The molecule has 1 aromatic rings. The van der Waals surface area contributed by atoms with E-state index in [1.165, 1.54) is 18.3 Å². The maximum Gasteiger partial charge on any atom is 0.383 e. The molecule has 0 radical (unpaired) electrons. The summed E-state index contributed by atoms with van der Waals surface area (Å²) in [5.41, 5.74) is 0.195. The average Bonchev–Trinajstić information content (AvgIpc) is 2.27. The molecule has 0 saturated heterocycles. The Balaban J connectivity index is 2.54. The van der Waals surface area contributed by atoms with Gasteiger partial charge in [-0.3, -0.25) is 4.79 Å². The van der Waals surface area contributed by atoms with Crippen molar-refractivity contribution in [3.05, 3.63) is 24.0 Å². The van der Waals surface area contributed by atoms with Gasteiger partial charge in [0.1, 0.15) is 0 Å². The first-order valence-corrected chi connectivity index (χ1v) is 4.15. The molecule has 88 valence electrons. The van der Waals surface area contributed by atoms with Crippen LogP contribution in [0.1, 0.15) is 5.69 Å². The molecular formula is C8H7F4N3O. The molecule has 1 amide bonds. The zero-order chi connectivity index (χ0) is 12.2. The molecule has 1 heterocycles. The first-order valence-electron chi connectivity index (χ1n) is 4.15. The van der Waals surface area contributed by atoms with Crippen LogP contribution in [0, 0.1) is 0 Å². The summed E-state index contributed by atoms with van der Waals surface area (Å²) in [6, 6.07) is 2.88. The van der Waals surface area contributed by atoms with Gasteiger partial charge in [0.25, 0.3) is 5.91 Å². The average molecular weight is 237 g/mol. The van der Waals surface area contributed by atoms with Crippen LogP contribution < -0.4 is 5.32 Å². The van der Waals surface area contributed by atoms with Crippen LogP contribution in [0.2, 0.25) is 0 Å². The number of hydrogen-bond donors (Lipinski definition) is 1. The third kappa shape index (κ3) is 2.88. The summed E-state index contributed by atoms with van der Waals surface area (Å²) in [5.74, 6) is -6.73. The molecule has 0 aliphatic heterocycles. The lowest BCUT2D eigenvalue weighted by Gasteiger charge is -2.14. The van der Waals surface area contributed by atoms with Crippen LogP contribution >= 0.6 is 0 Å². The fourth-order valence-electron chi connectivity index (χ4n) is 0.815. The normalized spacial score (nSPS) is 11.6. The third-order valence-electron chi connectivity index (χ3n) is 1.63. The second-order valence-corrected chi connectivity index (χ2v) is 2.82. The summed E-state index contributed by atoms with van der Waals surface area (Å²) in [4.78, 5) is 10.7. The van der Waals surface area contributed by atoms with Crippen LogP contribution in [-0.2, 0) is 11.3 Å². The molecular weight excluding hydrogens is 230 g/mol. The number of alkyl halides is 4. The largest absolute Gasteiger partial charge is 0.383 e. The van der Waals surface area contributed by atoms with Crippen LogP contribution in [0.3, 0.4) is 0 Å². The van der Waals surface area contributed by atoms with Gasteiger partial charge in [0.05, 0.1) is 12.2 Å². The standard InChI is InChI=1S/C8H7F4N3O/c9-6(10)8(11,12)7(16)13-4-5-2-1-3-14-15-5/h1-3,6H,4H2,(H,13,16). The molecule has 0 bridgehead atoms. The van der Waals surface area contributed by atoms with Crippen molar-refractivity contribution in [3.8, 4) is 0 Å². The lowest BCUT2D eigenvalue weighted by atomic mass is 10.3. The Kier molecular flexibility index (Phi) is 3.75. The van der Waals surface area contributed by atoms with Crippen molar-refractivity contribution in [2.45, 2.75) is 18.9 Å². The molecule has 0 fully saturated rings. The molecule has 0 aliphatic carbocycles. The molecule has 0 unspecified atom stereocenters. The van der Waals surface area contributed by atoms with Crippen molar-refractivity contribution in [2.24, 2.45) is 0 Å². The molecule has 0 saturated carbocycles. The van der Waals surface area contributed by atoms with Crippen molar-refractivity contribution in [2.75, 3.05) is 0 Å². The van der Waals surface area contributed by atoms with Gasteiger partial charge in [-0.1, -0.05) is 0 Å².